The molecule has 0 radical (unpaired) electrons. The molecule has 0 saturated heterocycles. The molecule has 1 amide bonds. The van der Waals surface area contributed by atoms with Crippen molar-refractivity contribution in [1.29, 1.82) is 0 Å². The Bertz CT molecular complexity index is 898. The maximum atomic E-state index is 12.1. The summed E-state index contributed by atoms with van der Waals surface area (Å²) in [5.74, 6) is -1.42. The van der Waals surface area contributed by atoms with Crippen molar-refractivity contribution in [3.05, 3.63) is 59.1 Å². The molecular weight excluding hydrogens is 415 g/mol. The van der Waals surface area contributed by atoms with Crippen LogP contribution in [0.2, 0.25) is 5.02 Å². The number of alkyl halides is 3. The molecule has 0 aliphatic carbocycles. The van der Waals surface area contributed by atoms with Crippen molar-refractivity contribution < 1.29 is 37.0 Å². The lowest BCUT2D eigenvalue weighted by Gasteiger charge is -2.10. The quantitative estimate of drug-likeness (QED) is 0.520. The van der Waals surface area contributed by atoms with E-state index < -0.39 is 24.8 Å². The summed E-state index contributed by atoms with van der Waals surface area (Å²) >= 11 is 5.86. The number of carbonyl (C=O) groups excluding carboxylic acids is 2. The third-order valence-electron chi connectivity index (χ3n) is 3.31. The second-order valence-corrected chi connectivity index (χ2v) is 5.89. The summed E-state index contributed by atoms with van der Waals surface area (Å²) in [7, 11) is 1.42. The van der Waals surface area contributed by atoms with Gasteiger partial charge in [-0.2, -0.15) is 0 Å². The highest BCUT2D eigenvalue weighted by atomic mass is 35.5. The van der Waals surface area contributed by atoms with Crippen LogP contribution in [0, 0.1) is 0 Å². The largest absolute Gasteiger partial charge is 0.573 e. The molecule has 0 spiro atoms. The lowest BCUT2D eigenvalue weighted by Crippen LogP contribution is -2.20. The number of halogens is 4. The number of rotatable bonds is 7. The highest BCUT2D eigenvalue weighted by molar-refractivity contribution is 6.31. The van der Waals surface area contributed by atoms with Crippen LogP contribution in [0.4, 0.5) is 18.9 Å². The van der Waals surface area contributed by atoms with Gasteiger partial charge in [0.25, 0.3) is 5.91 Å². The zero-order valence-electron chi connectivity index (χ0n) is 15.0. The van der Waals surface area contributed by atoms with Crippen LogP contribution in [-0.2, 0) is 14.3 Å². The number of esters is 1. The number of nitrogens with one attached hydrogen (secondary N) is 1. The molecule has 29 heavy (non-hydrogen) atoms. The first-order valence-electron chi connectivity index (χ1n) is 8.00. The van der Waals surface area contributed by atoms with E-state index in [0.29, 0.717) is 22.0 Å². The Hall–Kier alpha value is -3.20. The lowest BCUT2D eigenvalue weighted by molar-refractivity contribution is -0.274. The first-order valence-corrected chi connectivity index (χ1v) is 8.38. The second kappa shape index (κ2) is 9.83. The van der Waals surface area contributed by atoms with E-state index in [1.807, 2.05) is 0 Å². The fourth-order valence-electron chi connectivity index (χ4n) is 2.09. The van der Waals surface area contributed by atoms with Gasteiger partial charge in [-0.15, -0.1) is 13.2 Å². The number of methoxy groups -OCH3 is 1. The molecule has 0 aromatic heterocycles. The van der Waals surface area contributed by atoms with Gasteiger partial charge in [-0.05, 0) is 42.0 Å². The molecule has 0 heterocycles. The predicted molar refractivity (Wildman–Crippen MR) is 99.8 cm³/mol. The van der Waals surface area contributed by atoms with E-state index in [9.17, 15) is 22.8 Å². The lowest BCUT2D eigenvalue weighted by atomic mass is 10.2. The molecular formula is C19H15ClF3NO5. The average molecular weight is 430 g/mol. The monoisotopic (exact) mass is 429 g/mol. The van der Waals surface area contributed by atoms with Gasteiger partial charge in [-0.1, -0.05) is 23.7 Å². The number of hydrogen-bond donors (Lipinski definition) is 1. The topological polar surface area (TPSA) is 73.9 Å². The van der Waals surface area contributed by atoms with Gasteiger partial charge in [-0.3, -0.25) is 4.79 Å². The van der Waals surface area contributed by atoms with Crippen LogP contribution >= 0.6 is 11.6 Å². The zero-order valence-corrected chi connectivity index (χ0v) is 15.7. The average Bonchev–Trinajstić information content (AvgIpc) is 2.65. The summed E-state index contributed by atoms with van der Waals surface area (Å²) in [6.45, 7) is -0.558. The predicted octanol–water partition coefficient (Wildman–Crippen LogP) is 4.44. The Morgan fingerprint density at radius 3 is 2.45 bits per heavy atom. The normalized spacial score (nSPS) is 11.2. The molecule has 0 bridgehead atoms. The minimum absolute atomic E-state index is 0.317. The summed E-state index contributed by atoms with van der Waals surface area (Å²) in [5, 5.41) is 2.88. The van der Waals surface area contributed by atoms with Crippen molar-refractivity contribution in [2.75, 3.05) is 19.0 Å². The van der Waals surface area contributed by atoms with Crippen molar-refractivity contribution in [2.24, 2.45) is 0 Å². The summed E-state index contributed by atoms with van der Waals surface area (Å²) in [6, 6.07) is 9.48. The number of carbonyl (C=O) groups is 2. The van der Waals surface area contributed by atoms with Crippen LogP contribution in [0.5, 0.6) is 11.5 Å². The fourth-order valence-corrected chi connectivity index (χ4v) is 2.27. The van der Waals surface area contributed by atoms with E-state index >= 15 is 0 Å². The molecule has 0 saturated carbocycles. The summed E-state index contributed by atoms with van der Waals surface area (Å²) < 4.78 is 49.9. The molecule has 0 atom stereocenters. The molecule has 6 nitrogen and oxygen atoms in total. The second-order valence-electron chi connectivity index (χ2n) is 5.45. The number of benzene rings is 2. The molecule has 0 unspecified atom stereocenters. The number of amides is 1. The Labute approximate surface area is 168 Å². The molecule has 0 fully saturated rings. The van der Waals surface area contributed by atoms with Gasteiger partial charge in [0.15, 0.2) is 6.61 Å². The number of hydrogen-bond acceptors (Lipinski definition) is 5. The van der Waals surface area contributed by atoms with Gasteiger partial charge in [0.05, 0.1) is 12.8 Å². The SMILES string of the molecule is COc1ccc(Cl)cc1NC(=O)COC(=O)/C=C/c1ccc(OC(F)(F)F)cc1. The van der Waals surface area contributed by atoms with Gasteiger partial charge in [-0.25, -0.2) is 4.79 Å². The van der Waals surface area contributed by atoms with Crippen molar-refractivity contribution >= 4 is 35.2 Å². The Morgan fingerprint density at radius 1 is 1.14 bits per heavy atom. The third-order valence-corrected chi connectivity index (χ3v) is 3.54. The summed E-state index contributed by atoms with van der Waals surface area (Å²) in [6.07, 6.45) is -2.43. The van der Waals surface area contributed by atoms with Crippen LogP contribution in [0.1, 0.15) is 5.56 Å². The summed E-state index contributed by atoms with van der Waals surface area (Å²) in [4.78, 5) is 23.6. The van der Waals surface area contributed by atoms with E-state index in [4.69, 9.17) is 21.1 Å². The van der Waals surface area contributed by atoms with Crippen molar-refractivity contribution in [1.82, 2.24) is 0 Å². The molecule has 0 aliphatic heterocycles. The molecule has 154 valence electrons. The Balaban J connectivity index is 1.85. The molecule has 2 aromatic rings. The molecule has 2 rings (SSSR count). The zero-order chi connectivity index (χ0) is 21.4. The minimum Gasteiger partial charge on any atom is -0.495 e. The van der Waals surface area contributed by atoms with Crippen LogP contribution < -0.4 is 14.8 Å². The minimum atomic E-state index is -4.78. The molecule has 0 aliphatic rings. The molecule has 2 aromatic carbocycles. The Kier molecular flexibility index (Phi) is 7.49. The van der Waals surface area contributed by atoms with E-state index in [1.54, 1.807) is 12.1 Å². The van der Waals surface area contributed by atoms with E-state index in [1.165, 1.54) is 31.4 Å². The van der Waals surface area contributed by atoms with Crippen molar-refractivity contribution in [2.45, 2.75) is 6.36 Å². The smallest absolute Gasteiger partial charge is 0.495 e. The van der Waals surface area contributed by atoms with Gasteiger partial charge >= 0.3 is 12.3 Å². The van der Waals surface area contributed by atoms with E-state index in [-0.39, 0.29) is 5.75 Å². The molecule has 10 heteroatoms. The van der Waals surface area contributed by atoms with Crippen LogP contribution in [0.3, 0.4) is 0 Å². The van der Waals surface area contributed by atoms with E-state index in [2.05, 4.69) is 10.1 Å². The standard InChI is InChI=1S/C19H15ClF3NO5/c1-27-16-8-5-13(20)10-15(16)24-17(25)11-28-18(26)9-4-12-2-6-14(7-3-12)29-19(21,22)23/h2-10H,11H2,1H3,(H,24,25)/b9-4+. The number of ether oxygens (including phenoxy) is 3. The van der Waals surface area contributed by atoms with Gasteiger partial charge in [0, 0.05) is 11.1 Å². The van der Waals surface area contributed by atoms with Crippen LogP contribution in [0.25, 0.3) is 6.08 Å². The third kappa shape index (κ3) is 7.74. The highest BCUT2D eigenvalue weighted by Crippen LogP contribution is 2.27. The van der Waals surface area contributed by atoms with Crippen LogP contribution in [0.15, 0.2) is 48.5 Å². The maximum Gasteiger partial charge on any atom is 0.573 e. The molecule has 1 N–H and O–H groups in total. The maximum absolute atomic E-state index is 12.1. The van der Waals surface area contributed by atoms with Gasteiger partial charge < -0.3 is 19.5 Å². The first-order chi connectivity index (χ1) is 13.7. The highest BCUT2D eigenvalue weighted by Gasteiger charge is 2.30. The first kappa shape index (κ1) is 22.1. The van der Waals surface area contributed by atoms with Crippen molar-refractivity contribution in [3.63, 3.8) is 0 Å². The van der Waals surface area contributed by atoms with Gasteiger partial charge in [0.2, 0.25) is 0 Å². The van der Waals surface area contributed by atoms with Crippen molar-refractivity contribution in [3.8, 4) is 11.5 Å². The Morgan fingerprint density at radius 2 is 1.83 bits per heavy atom. The van der Waals surface area contributed by atoms with E-state index in [0.717, 1.165) is 18.2 Å². The van der Waals surface area contributed by atoms with Gasteiger partial charge in [0.1, 0.15) is 11.5 Å². The fraction of sp³-hybridized carbons (Fsp3) is 0.158. The number of anilines is 1. The summed E-state index contributed by atoms with van der Waals surface area (Å²) in [5.41, 5.74) is 0.752. The van der Waals surface area contributed by atoms with Crippen LogP contribution in [-0.4, -0.2) is 32.0 Å².